The first-order valence-corrected chi connectivity index (χ1v) is 7.79. The van der Waals surface area contributed by atoms with Gasteiger partial charge < -0.3 is 5.11 Å². The molecule has 2 aromatic rings. The highest BCUT2D eigenvalue weighted by atomic mass is 16.4. The summed E-state index contributed by atoms with van der Waals surface area (Å²) in [5, 5.41) is 13.7. The van der Waals surface area contributed by atoms with Crippen LogP contribution in [0.2, 0.25) is 0 Å². The van der Waals surface area contributed by atoms with E-state index in [1.54, 1.807) is 0 Å². The van der Waals surface area contributed by atoms with Crippen LogP contribution in [0.1, 0.15) is 11.1 Å². The zero-order chi connectivity index (χ0) is 16.4. The van der Waals surface area contributed by atoms with Crippen molar-refractivity contribution in [2.45, 2.75) is 19.5 Å². The van der Waals surface area contributed by atoms with Gasteiger partial charge in [0.1, 0.15) is 6.04 Å². The fourth-order valence-electron chi connectivity index (χ4n) is 2.95. The Morgan fingerprint density at radius 3 is 2.96 bits per heavy atom. The van der Waals surface area contributed by atoms with E-state index in [0.717, 1.165) is 30.9 Å². The van der Waals surface area contributed by atoms with E-state index in [0.29, 0.717) is 6.54 Å². The van der Waals surface area contributed by atoms with Gasteiger partial charge in [-0.3, -0.25) is 14.6 Å². The van der Waals surface area contributed by atoms with Crippen LogP contribution < -0.4 is 0 Å². The Kier molecular flexibility index (Phi) is 4.45. The third-order valence-corrected chi connectivity index (χ3v) is 4.33. The average Bonchev–Trinajstić information content (AvgIpc) is 2.97. The molecule has 1 N–H and O–H groups in total. The highest BCUT2D eigenvalue weighted by Crippen LogP contribution is 2.14. The fourth-order valence-corrected chi connectivity index (χ4v) is 2.95. The van der Waals surface area contributed by atoms with Crippen LogP contribution in [0.5, 0.6) is 0 Å². The Morgan fingerprint density at radius 2 is 2.22 bits per heavy atom. The third-order valence-electron chi connectivity index (χ3n) is 4.33. The van der Waals surface area contributed by atoms with Gasteiger partial charge >= 0.3 is 5.97 Å². The van der Waals surface area contributed by atoms with Gasteiger partial charge in [0.05, 0.1) is 11.9 Å². The maximum absolute atomic E-state index is 11.3. The van der Waals surface area contributed by atoms with Gasteiger partial charge in [0.2, 0.25) is 0 Å². The Hall–Kier alpha value is -2.18. The number of hydrogen-bond acceptors (Lipinski definition) is 4. The Morgan fingerprint density at radius 1 is 1.39 bits per heavy atom. The summed E-state index contributed by atoms with van der Waals surface area (Å²) in [6.45, 7) is 4.97. The molecule has 1 aliphatic rings. The molecule has 1 aromatic carbocycles. The molecule has 6 nitrogen and oxygen atoms in total. The molecule has 1 aromatic heterocycles. The molecule has 0 saturated carbocycles. The lowest BCUT2D eigenvalue weighted by atomic mass is 10.1. The number of aromatic nitrogens is 2. The minimum Gasteiger partial charge on any atom is -0.480 e. The second-order valence-electron chi connectivity index (χ2n) is 6.20. The number of aliphatic carboxylic acids is 1. The molecule has 1 fully saturated rings. The van der Waals surface area contributed by atoms with E-state index < -0.39 is 12.0 Å². The van der Waals surface area contributed by atoms with Crippen LogP contribution in [0.25, 0.3) is 5.69 Å². The second-order valence-corrected chi connectivity index (χ2v) is 6.20. The van der Waals surface area contributed by atoms with Crippen molar-refractivity contribution in [2.75, 3.05) is 26.7 Å². The Balaban J connectivity index is 1.68. The first kappa shape index (κ1) is 15.7. The van der Waals surface area contributed by atoms with Crippen molar-refractivity contribution in [3.8, 4) is 5.69 Å². The topological polar surface area (TPSA) is 61.6 Å². The number of nitrogens with zero attached hydrogens (tertiary/aromatic N) is 4. The van der Waals surface area contributed by atoms with E-state index in [2.05, 4.69) is 29.1 Å². The first-order valence-electron chi connectivity index (χ1n) is 7.79. The molecule has 2 heterocycles. The van der Waals surface area contributed by atoms with E-state index in [1.807, 2.05) is 41.2 Å². The molecule has 1 saturated heterocycles. The van der Waals surface area contributed by atoms with E-state index in [-0.39, 0.29) is 0 Å². The number of benzene rings is 1. The molecule has 6 heteroatoms. The van der Waals surface area contributed by atoms with Gasteiger partial charge in [0.25, 0.3) is 0 Å². The molecule has 0 amide bonds. The molecule has 0 aliphatic carbocycles. The molecule has 0 radical (unpaired) electrons. The van der Waals surface area contributed by atoms with Gasteiger partial charge in [-0.15, -0.1) is 0 Å². The lowest BCUT2D eigenvalue weighted by molar-refractivity contribution is -0.145. The highest BCUT2D eigenvalue weighted by molar-refractivity contribution is 5.73. The van der Waals surface area contributed by atoms with Crippen molar-refractivity contribution in [1.29, 1.82) is 0 Å². The van der Waals surface area contributed by atoms with Gasteiger partial charge in [-0.2, -0.15) is 5.10 Å². The van der Waals surface area contributed by atoms with E-state index in [1.165, 1.54) is 5.56 Å². The molecule has 122 valence electrons. The van der Waals surface area contributed by atoms with Crippen LogP contribution in [0, 0.1) is 6.92 Å². The van der Waals surface area contributed by atoms with Crippen molar-refractivity contribution in [1.82, 2.24) is 19.6 Å². The molecular weight excluding hydrogens is 292 g/mol. The molecule has 0 spiro atoms. The quantitative estimate of drug-likeness (QED) is 0.924. The normalized spacial score (nSPS) is 19.8. The minimum absolute atomic E-state index is 0.435. The summed E-state index contributed by atoms with van der Waals surface area (Å²) in [7, 11) is 1.87. The molecule has 1 aliphatic heterocycles. The molecule has 23 heavy (non-hydrogen) atoms. The van der Waals surface area contributed by atoms with Gasteiger partial charge in [-0.05, 0) is 31.7 Å². The Labute approximate surface area is 135 Å². The highest BCUT2D eigenvalue weighted by Gasteiger charge is 2.29. The lowest BCUT2D eigenvalue weighted by Crippen LogP contribution is -2.54. The molecule has 0 unspecified atom stereocenters. The van der Waals surface area contributed by atoms with Crippen LogP contribution in [0.3, 0.4) is 0 Å². The number of carboxylic acid groups (broad SMARTS) is 1. The summed E-state index contributed by atoms with van der Waals surface area (Å²) in [6, 6.07) is 7.76. The van der Waals surface area contributed by atoms with Crippen molar-refractivity contribution < 1.29 is 9.90 Å². The summed E-state index contributed by atoms with van der Waals surface area (Å²) < 4.78 is 1.87. The zero-order valence-corrected chi connectivity index (χ0v) is 13.5. The van der Waals surface area contributed by atoms with E-state index in [9.17, 15) is 9.90 Å². The van der Waals surface area contributed by atoms with Gasteiger partial charge in [0.15, 0.2) is 0 Å². The summed E-state index contributed by atoms with van der Waals surface area (Å²) in [4.78, 5) is 15.4. The molecule has 0 bridgehead atoms. The number of aryl methyl sites for hydroxylation is 1. The number of carbonyl (C=O) groups is 1. The Bertz CT molecular complexity index is 697. The van der Waals surface area contributed by atoms with Crippen molar-refractivity contribution in [3.63, 3.8) is 0 Å². The maximum atomic E-state index is 11.3. The largest absolute Gasteiger partial charge is 0.480 e. The van der Waals surface area contributed by atoms with Crippen molar-refractivity contribution in [2.24, 2.45) is 0 Å². The van der Waals surface area contributed by atoms with Crippen LogP contribution >= 0.6 is 0 Å². The number of rotatable bonds is 4. The van der Waals surface area contributed by atoms with Crippen LogP contribution in [0.15, 0.2) is 36.7 Å². The summed E-state index contributed by atoms with van der Waals surface area (Å²) in [6.07, 6.45) is 3.87. The smallest absolute Gasteiger partial charge is 0.322 e. The predicted molar refractivity (Wildman–Crippen MR) is 87.6 cm³/mol. The molecular formula is C17H22N4O2. The van der Waals surface area contributed by atoms with Crippen LogP contribution in [0.4, 0.5) is 0 Å². The molecule has 3 rings (SSSR count). The van der Waals surface area contributed by atoms with Gasteiger partial charge in [-0.25, -0.2) is 4.68 Å². The summed E-state index contributed by atoms with van der Waals surface area (Å²) >= 11 is 0. The number of likely N-dealkylation sites (N-methyl/N-ethyl adjacent to an activating group) is 1. The van der Waals surface area contributed by atoms with E-state index in [4.69, 9.17) is 0 Å². The number of hydrogen-bond donors (Lipinski definition) is 1. The summed E-state index contributed by atoms with van der Waals surface area (Å²) in [5.41, 5.74) is 3.33. The standard InChI is InChI=1S/C17H22N4O2/c1-13-4-3-5-15(8-13)21-11-14(9-18-21)10-20-7-6-19(2)16(12-20)17(22)23/h3-5,8-9,11,16H,6-7,10,12H2,1-2H3,(H,22,23)/t16-/m0/s1. The molecule has 1 atom stereocenters. The summed E-state index contributed by atoms with van der Waals surface area (Å²) in [5.74, 6) is -0.757. The van der Waals surface area contributed by atoms with Gasteiger partial charge in [0, 0.05) is 37.9 Å². The average molecular weight is 314 g/mol. The van der Waals surface area contributed by atoms with Crippen molar-refractivity contribution in [3.05, 3.63) is 47.8 Å². The third kappa shape index (κ3) is 3.60. The SMILES string of the molecule is Cc1cccc(-n2cc(CN3CCN(C)[C@H](C(=O)O)C3)cn2)c1. The lowest BCUT2D eigenvalue weighted by Gasteiger charge is -2.36. The zero-order valence-electron chi connectivity index (χ0n) is 13.5. The minimum atomic E-state index is -0.757. The number of carboxylic acids is 1. The predicted octanol–water partition coefficient (Wildman–Crippen LogP) is 1.38. The second kappa shape index (κ2) is 6.52. The van der Waals surface area contributed by atoms with Gasteiger partial charge in [-0.1, -0.05) is 12.1 Å². The van der Waals surface area contributed by atoms with E-state index >= 15 is 0 Å². The van der Waals surface area contributed by atoms with Crippen molar-refractivity contribution >= 4 is 5.97 Å². The monoisotopic (exact) mass is 314 g/mol. The van der Waals surface area contributed by atoms with Crippen LogP contribution in [-0.4, -0.2) is 63.4 Å². The number of piperazine rings is 1. The first-order chi connectivity index (χ1) is 11.0. The fraction of sp³-hybridized carbons (Fsp3) is 0.412. The maximum Gasteiger partial charge on any atom is 0.322 e. The van der Waals surface area contributed by atoms with Crippen LogP contribution in [-0.2, 0) is 11.3 Å².